The van der Waals surface area contributed by atoms with Crippen LogP contribution in [-0.4, -0.2) is 31.2 Å². The van der Waals surface area contributed by atoms with E-state index in [1.54, 1.807) is 7.11 Å². The van der Waals surface area contributed by atoms with Gasteiger partial charge in [-0.15, -0.1) is 12.4 Å². The number of aryl methyl sites for hydroxylation is 1. The summed E-state index contributed by atoms with van der Waals surface area (Å²) < 4.78 is 5.31. The van der Waals surface area contributed by atoms with E-state index in [0.29, 0.717) is 0 Å². The summed E-state index contributed by atoms with van der Waals surface area (Å²) in [7, 11) is 1.70. The summed E-state index contributed by atoms with van der Waals surface area (Å²) in [5.74, 6) is 0.881. The van der Waals surface area contributed by atoms with Crippen LogP contribution in [0.1, 0.15) is 30.5 Å². The van der Waals surface area contributed by atoms with E-state index in [-0.39, 0.29) is 18.4 Å². The zero-order valence-electron chi connectivity index (χ0n) is 16.9. The highest BCUT2D eigenvalue weighted by atomic mass is 35.5. The molecule has 1 aliphatic carbocycles. The summed E-state index contributed by atoms with van der Waals surface area (Å²) in [5, 5.41) is 1.27. The maximum absolute atomic E-state index is 6.26. The number of ether oxygens (including phenoxy) is 1. The van der Waals surface area contributed by atoms with Crippen molar-refractivity contribution in [1.82, 2.24) is 4.98 Å². The van der Waals surface area contributed by atoms with Crippen LogP contribution in [0.25, 0.3) is 22.0 Å². The number of halogens is 1. The molecule has 0 saturated carbocycles. The fourth-order valence-corrected chi connectivity index (χ4v) is 4.71. The molecule has 0 spiro atoms. The van der Waals surface area contributed by atoms with Gasteiger partial charge in [-0.2, -0.15) is 0 Å². The standard InChI is InChI=1S/C24H27N3O.ClH/c1-28-19-9-6-16(7-10-19)17-8-11-23-21(14-17)24(27-13-12-18(25)15-27)20-4-2-3-5-22(20)26-23;/h6-11,14,18H,2-5,12-13,15,25H2,1H3;1H. The predicted octanol–water partition coefficient (Wildman–Crippen LogP) is 4.75. The molecule has 1 fully saturated rings. The fraction of sp³-hybridized carbons (Fsp3) is 0.375. The molecule has 5 rings (SSSR count). The molecule has 0 radical (unpaired) electrons. The molecule has 5 heteroatoms. The highest BCUT2D eigenvalue weighted by Gasteiger charge is 2.26. The molecule has 1 atom stereocenters. The van der Waals surface area contributed by atoms with Crippen molar-refractivity contribution in [2.24, 2.45) is 5.73 Å². The lowest BCUT2D eigenvalue weighted by atomic mass is 9.91. The smallest absolute Gasteiger partial charge is 0.118 e. The van der Waals surface area contributed by atoms with Crippen LogP contribution in [0.5, 0.6) is 5.75 Å². The molecular weight excluding hydrogens is 382 g/mol. The molecule has 4 nitrogen and oxygen atoms in total. The minimum Gasteiger partial charge on any atom is -0.497 e. The Morgan fingerprint density at radius 3 is 2.52 bits per heavy atom. The van der Waals surface area contributed by atoms with Crippen molar-refractivity contribution in [2.45, 2.75) is 38.1 Å². The van der Waals surface area contributed by atoms with Gasteiger partial charge in [-0.3, -0.25) is 4.98 Å². The van der Waals surface area contributed by atoms with E-state index in [1.165, 1.54) is 46.3 Å². The zero-order valence-corrected chi connectivity index (χ0v) is 17.7. The van der Waals surface area contributed by atoms with Gasteiger partial charge in [-0.05, 0) is 73.1 Å². The van der Waals surface area contributed by atoms with Crippen LogP contribution >= 0.6 is 12.4 Å². The van der Waals surface area contributed by atoms with E-state index >= 15 is 0 Å². The number of fused-ring (bicyclic) bond motifs is 2. The van der Waals surface area contributed by atoms with Gasteiger partial charge in [0.2, 0.25) is 0 Å². The van der Waals surface area contributed by atoms with Crippen LogP contribution in [0, 0.1) is 0 Å². The Kier molecular flexibility index (Phi) is 5.66. The SMILES string of the molecule is COc1ccc(-c2ccc3nc4c(c(N5CCC(N)C5)c3c2)CCCC4)cc1.Cl. The van der Waals surface area contributed by atoms with Gasteiger partial charge in [-0.1, -0.05) is 18.2 Å². The highest BCUT2D eigenvalue weighted by Crippen LogP contribution is 2.39. The van der Waals surface area contributed by atoms with Gasteiger partial charge >= 0.3 is 0 Å². The van der Waals surface area contributed by atoms with Crippen molar-refractivity contribution in [3.8, 4) is 16.9 Å². The van der Waals surface area contributed by atoms with Crippen molar-refractivity contribution in [3.63, 3.8) is 0 Å². The van der Waals surface area contributed by atoms with E-state index in [2.05, 4.69) is 35.2 Å². The average molecular weight is 410 g/mol. The molecule has 152 valence electrons. The summed E-state index contributed by atoms with van der Waals surface area (Å²) in [5.41, 5.74) is 13.9. The van der Waals surface area contributed by atoms with Gasteiger partial charge in [0.05, 0.1) is 18.3 Å². The van der Waals surface area contributed by atoms with Gasteiger partial charge in [0.15, 0.2) is 0 Å². The number of methoxy groups -OCH3 is 1. The van der Waals surface area contributed by atoms with Gasteiger partial charge in [0.1, 0.15) is 5.75 Å². The fourth-order valence-electron chi connectivity index (χ4n) is 4.71. The molecule has 0 bridgehead atoms. The van der Waals surface area contributed by atoms with E-state index in [1.807, 2.05) is 12.1 Å². The van der Waals surface area contributed by atoms with Crippen LogP contribution in [0.3, 0.4) is 0 Å². The average Bonchev–Trinajstić information content (AvgIpc) is 3.17. The second-order valence-corrected chi connectivity index (χ2v) is 8.05. The number of benzene rings is 2. The van der Waals surface area contributed by atoms with Crippen LogP contribution in [-0.2, 0) is 12.8 Å². The molecule has 1 aliphatic heterocycles. The maximum Gasteiger partial charge on any atom is 0.118 e. The van der Waals surface area contributed by atoms with Crippen molar-refractivity contribution < 1.29 is 4.74 Å². The number of nitrogens with two attached hydrogens (primary N) is 1. The molecule has 2 aromatic carbocycles. The van der Waals surface area contributed by atoms with Crippen molar-refractivity contribution in [1.29, 1.82) is 0 Å². The summed E-state index contributed by atoms with van der Waals surface area (Å²) in [6.07, 6.45) is 5.79. The molecular formula is C24H28ClN3O. The first-order valence-corrected chi connectivity index (χ1v) is 10.3. The maximum atomic E-state index is 6.26. The number of anilines is 1. The molecule has 1 aromatic heterocycles. The van der Waals surface area contributed by atoms with E-state index in [9.17, 15) is 0 Å². The van der Waals surface area contributed by atoms with E-state index < -0.39 is 0 Å². The second kappa shape index (κ2) is 8.21. The van der Waals surface area contributed by atoms with Crippen LogP contribution in [0.2, 0.25) is 0 Å². The largest absolute Gasteiger partial charge is 0.497 e. The molecule has 2 aliphatic rings. The normalized spacial score (nSPS) is 18.4. The third kappa shape index (κ3) is 3.67. The zero-order chi connectivity index (χ0) is 19.1. The monoisotopic (exact) mass is 409 g/mol. The minimum absolute atomic E-state index is 0. The van der Waals surface area contributed by atoms with Gasteiger partial charge in [0.25, 0.3) is 0 Å². The van der Waals surface area contributed by atoms with Crippen molar-refractivity contribution in [3.05, 3.63) is 53.7 Å². The van der Waals surface area contributed by atoms with Crippen molar-refractivity contribution in [2.75, 3.05) is 25.1 Å². The highest BCUT2D eigenvalue weighted by molar-refractivity contribution is 5.97. The lowest BCUT2D eigenvalue weighted by Gasteiger charge is -2.28. The predicted molar refractivity (Wildman–Crippen MR) is 122 cm³/mol. The Bertz CT molecular complexity index is 1020. The van der Waals surface area contributed by atoms with E-state index in [4.69, 9.17) is 15.5 Å². The molecule has 1 saturated heterocycles. The molecule has 2 heterocycles. The topological polar surface area (TPSA) is 51.4 Å². The molecule has 0 amide bonds. The molecule has 29 heavy (non-hydrogen) atoms. The Morgan fingerprint density at radius 1 is 1.03 bits per heavy atom. The lowest BCUT2D eigenvalue weighted by Crippen LogP contribution is -2.28. The number of pyridine rings is 1. The quantitative estimate of drug-likeness (QED) is 0.678. The molecule has 3 aromatic rings. The number of aromatic nitrogens is 1. The van der Waals surface area contributed by atoms with Crippen LogP contribution in [0.15, 0.2) is 42.5 Å². The molecule has 1 unspecified atom stereocenters. The number of rotatable bonds is 3. The molecule has 2 N–H and O–H groups in total. The summed E-state index contributed by atoms with van der Waals surface area (Å²) in [6, 6.07) is 15.2. The number of hydrogen-bond acceptors (Lipinski definition) is 4. The summed E-state index contributed by atoms with van der Waals surface area (Å²) in [6.45, 7) is 1.98. The second-order valence-electron chi connectivity index (χ2n) is 8.05. The van der Waals surface area contributed by atoms with Crippen LogP contribution in [0.4, 0.5) is 5.69 Å². The van der Waals surface area contributed by atoms with Gasteiger partial charge in [0, 0.05) is 30.2 Å². The third-order valence-corrected chi connectivity index (χ3v) is 6.20. The first kappa shape index (κ1) is 20.0. The minimum atomic E-state index is 0. The number of hydrogen-bond donors (Lipinski definition) is 1. The summed E-state index contributed by atoms with van der Waals surface area (Å²) >= 11 is 0. The van der Waals surface area contributed by atoms with Gasteiger partial charge < -0.3 is 15.4 Å². The Hall–Kier alpha value is -2.30. The third-order valence-electron chi connectivity index (χ3n) is 6.20. The summed E-state index contributed by atoms with van der Waals surface area (Å²) in [4.78, 5) is 7.56. The first-order chi connectivity index (χ1) is 13.7. The first-order valence-electron chi connectivity index (χ1n) is 10.3. The van der Waals surface area contributed by atoms with Crippen molar-refractivity contribution >= 4 is 29.0 Å². The van der Waals surface area contributed by atoms with Crippen LogP contribution < -0.4 is 15.4 Å². The Labute approximate surface area is 178 Å². The lowest BCUT2D eigenvalue weighted by molar-refractivity contribution is 0.415. The van der Waals surface area contributed by atoms with E-state index in [0.717, 1.165) is 43.6 Å². The van der Waals surface area contributed by atoms with Gasteiger partial charge in [-0.25, -0.2) is 0 Å². The number of nitrogens with zero attached hydrogens (tertiary/aromatic N) is 2. The Balaban J connectivity index is 0.00000205. The Morgan fingerprint density at radius 2 is 1.79 bits per heavy atom.